The fourth-order valence-electron chi connectivity index (χ4n) is 3.08. The second kappa shape index (κ2) is 7.09. The maximum atomic E-state index is 12.3. The van der Waals surface area contributed by atoms with Gasteiger partial charge in [-0.2, -0.15) is 4.31 Å². The summed E-state index contributed by atoms with van der Waals surface area (Å²) < 4.78 is 25.8. The van der Waals surface area contributed by atoms with Crippen molar-refractivity contribution in [2.24, 2.45) is 5.16 Å². The van der Waals surface area contributed by atoms with Crippen LogP contribution in [-0.4, -0.2) is 53.8 Å². The fourth-order valence-corrected chi connectivity index (χ4v) is 4.66. The van der Waals surface area contributed by atoms with Gasteiger partial charge < -0.3 is 10.2 Å². The van der Waals surface area contributed by atoms with E-state index >= 15 is 0 Å². The number of rotatable bonds is 6. The lowest BCUT2D eigenvalue weighted by Crippen LogP contribution is -2.39. The Hall–Kier alpha value is -2.00. The number of carbonyl (C=O) groups is 1. The van der Waals surface area contributed by atoms with Crippen LogP contribution in [0.25, 0.3) is 0 Å². The molecule has 136 valence electrons. The van der Waals surface area contributed by atoms with E-state index in [9.17, 15) is 13.2 Å². The Balaban J connectivity index is 1.55. The molecule has 0 aliphatic carbocycles. The van der Waals surface area contributed by atoms with E-state index in [2.05, 4.69) is 15.5 Å². The van der Waals surface area contributed by atoms with E-state index in [1.807, 2.05) is 13.0 Å². The molecule has 2 aliphatic heterocycles. The van der Waals surface area contributed by atoms with Gasteiger partial charge in [0.05, 0.1) is 12.3 Å². The molecule has 9 heteroatoms. The van der Waals surface area contributed by atoms with E-state index in [1.54, 1.807) is 18.5 Å². The van der Waals surface area contributed by atoms with E-state index in [0.717, 1.165) is 5.56 Å². The monoisotopic (exact) mass is 366 g/mol. The summed E-state index contributed by atoms with van der Waals surface area (Å²) in [6.07, 6.45) is 4.79. The summed E-state index contributed by atoms with van der Waals surface area (Å²) in [6, 6.07) is 3.67. The predicted octanol–water partition coefficient (Wildman–Crippen LogP) is 0.658. The second-order valence-electron chi connectivity index (χ2n) is 6.43. The SMILES string of the molecule is CCCS(=O)(=O)N1CC[C@]2(CC(C(=O)NCc3cccnc3)=NO2)C1. The summed E-state index contributed by atoms with van der Waals surface area (Å²) in [6.45, 7) is 2.85. The van der Waals surface area contributed by atoms with E-state index in [0.29, 0.717) is 38.1 Å². The van der Waals surface area contributed by atoms with E-state index in [1.165, 1.54) is 4.31 Å². The molecule has 1 amide bonds. The van der Waals surface area contributed by atoms with Crippen molar-refractivity contribution < 1.29 is 18.0 Å². The molecule has 0 radical (unpaired) electrons. The summed E-state index contributed by atoms with van der Waals surface area (Å²) >= 11 is 0. The highest BCUT2D eigenvalue weighted by Crippen LogP contribution is 2.35. The molecule has 0 bridgehead atoms. The first kappa shape index (κ1) is 17.8. The second-order valence-corrected chi connectivity index (χ2v) is 8.52. The molecule has 1 spiro atoms. The number of amides is 1. The number of oxime groups is 1. The third-order valence-corrected chi connectivity index (χ3v) is 6.44. The van der Waals surface area contributed by atoms with Crippen LogP contribution in [0.5, 0.6) is 0 Å². The minimum atomic E-state index is -3.26. The van der Waals surface area contributed by atoms with Crippen molar-refractivity contribution in [2.75, 3.05) is 18.8 Å². The lowest BCUT2D eigenvalue weighted by Gasteiger charge is -2.21. The number of aromatic nitrogens is 1. The molecule has 2 aliphatic rings. The minimum Gasteiger partial charge on any atom is -0.387 e. The lowest BCUT2D eigenvalue weighted by atomic mass is 9.96. The van der Waals surface area contributed by atoms with Crippen LogP contribution in [0.1, 0.15) is 31.7 Å². The van der Waals surface area contributed by atoms with Crippen molar-refractivity contribution in [3.05, 3.63) is 30.1 Å². The van der Waals surface area contributed by atoms with Gasteiger partial charge >= 0.3 is 0 Å². The van der Waals surface area contributed by atoms with Crippen molar-refractivity contribution in [1.82, 2.24) is 14.6 Å². The molecule has 1 N–H and O–H groups in total. The van der Waals surface area contributed by atoms with Gasteiger partial charge in [-0.1, -0.05) is 18.1 Å². The Morgan fingerprint density at radius 3 is 3.04 bits per heavy atom. The molecule has 25 heavy (non-hydrogen) atoms. The van der Waals surface area contributed by atoms with Gasteiger partial charge in [0.2, 0.25) is 10.0 Å². The number of nitrogens with one attached hydrogen (secondary N) is 1. The number of nitrogens with zero attached hydrogens (tertiary/aromatic N) is 3. The summed E-state index contributed by atoms with van der Waals surface area (Å²) in [5.41, 5.74) is 0.489. The van der Waals surface area contributed by atoms with Gasteiger partial charge in [-0.05, 0) is 18.1 Å². The van der Waals surface area contributed by atoms with Gasteiger partial charge in [0.1, 0.15) is 5.71 Å². The molecule has 3 rings (SSSR count). The average molecular weight is 366 g/mol. The van der Waals surface area contributed by atoms with Crippen LogP contribution in [0.2, 0.25) is 0 Å². The Kier molecular flexibility index (Phi) is 5.05. The molecule has 0 aromatic carbocycles. The van der Waals surface area contributed by atoms with Gasteiger partial charge in [0.25, 0.3) is 5.91 Å². The first-order chi connectivity index (χ1) is 11.9. The van der Waals surface area contributed by atoms with Gasteiger partial charge in [-0.25, -0.2) is 8.42 Å². The molecule has 1 fully saturated rings. The Bertz CT molecular complexity index is 766. The summed E-state index contributed by atoms with van der Waals surface area (Å²) in [5.74, 6) is -0.168. The summed E-state index contributed by atoms with van der Waals surface area (Å²) in [4.78, 5) is 21.8. The molecule has 1 atom stereocenters. The maximum absolute atomic E-state index is 12.3. The zero-order valence-electron chi connectivity index (χ0n) is 14.1. The topological polar surface area (TPSA) is 101 Å². The zero-order valence-corrected chi connectivity index (χ0v) is 15.0. The number of hydrogen-bond acceptors (Lipinski definition) is 6. The van der Waals surface area contributed by atoms with Crippen LogP contribution in [0, 0.1) is 0 Å². The van der Waals surface area contributed by atoms with Crippen molar-refractivity contribution in [3.63, 3.8) is 0 Å². The highest BCUT2D eigenvalue weighted by molar-refractivity contribution is 7.89. The average Bonchev–Trinajstić information content (AvgIpc) is 3.22. The largest absolute Gasteiger partial charge is 0.387 e. The summed E-state index contributed by atoms with van der Waals surface area (Å²) in [7, 11) is -3.26. The van der Waals surface area contributed by atoms with Gasteiger partial charge in [-0.15, -0.1) is 0 Å². The minimum absolute atomic E-state index is 0.127. The first-order valence-electron chi connectivity index (χ1n) is 8.34. The van der Waals surface area contributed by atoms with E-state index in [4.69, 9.17) is 4.84 Å². The third-order valence-electron chi connectivity index (χ3n) is 4.41. The van der Waals surface area contributed by atoms with Gasteiger partial charge in [-0.3, -0.25) is 9.78 Å². The standard InChI is InChI=1S/C16H22N4O4S/c1-2-8-25(22,23)20-7-5-16(12-20)9-14(19-24-16)15(21)18-11-13-4-3-6-17-10-13/h3-4,6,10H,2,5,7-9,11-12H2,1H3,(H,18,21)/t16-/m0/s1. The highest BCUT2D eigenvalue weighted by Gasteiger charge is 2.49. The lowest BCUT2D eigenvalue weighted by molar-refractivity contribution is -0.115. The number of hydrogen-bond donors (Lipinski definition) is 1. The van der Waals surface area contributed by atoms with Crippen LogP contribution in [0.3, 0.4) is 0 Å². The molecule has 1 aromatic rings. The van der Waals surface area contributed by atoms with Crippen molar-refractivity contribution in [3.8, 4) is 0 Å². The number of pyridine rings is 1. The molecule has 1 saturated heterocycles. The van der Waals surface area contributed by atoms with Crippen molar-refractivity contribution in [2.45, 2.75) is 38.3 Å². The zero-order chi connectivity index (χ0) is 17.9. The fraction of sp³-hybridized carbons (Fsp3) is 0.562. The number of sulfonamides is 1. The Labute approximate surface area is 147 Å². The van der Waals surface area contributed by atoms with E-state index in [-0.39, 0.29) is 18.2 Å². The van der Waals surface area contributed by atoms with Crippen LogP contribution in [0.4, 0.5) is 0 Å². The van der Waals surface area contributed by atoms with Crippen molar-refractivity contribution >= 4 is 21.6 Å². The van der Waals surface area contributed by atoms with Gasteiger partial charge in [0.15, 0.2) is 5.60 Å². The van der Waals surface area contributed by atoms with Crippen LogP contribution in [0.15, 0.2) is 29.7 Å². The van der Waals surface area contributed by atoms with Crippen molar-refractivity contribution in [1.29, 1.82) is 0 Å². The first-order valence-corrected chi connectivity index (χ1v) is 9.95. The molecule has 3 heterocycles. The Morgan fingerprint density at radius 2 is 2.32 bits per heavy atom. The van der Waals surface area contributed by atoms with Crippen LogP contribution in [-0.2, 0) is 26.2 Å². The third kappa shape index (κ3) is 3.98. The molecule has 8 nitrogen and oxygen atoms in total. The predicted molar refractivity (Wildman–Crippen MR) is 92.2 cm³/mol. The van der Waals surface area contributed by atoms with Crippen LogP contribution < -0.4 is 5.32 Å². The molecule has 0 unspecified atom stereocenters. The summed E-state index contributed by atoms with van der Waals surface area (Å²) in [5, 5.41) is 6.70. The van der Waals surface area contributed by atoms with Crippen LogP contribution >= 0.6 is 0 Å². The normalized spacial score (nSPS) is 23.5. The quantitative estimate of drug-likeness (QED) is 0.797. The maximum Gasteiger partial charge on any atom is 0.269 e. The smallest absolute Gasteiger partial charge is 0.269 e. The number of carbonyl (C=O) groups excluding carboxylic acids is 1. The van der Waals surface area contributed by atoms with E-state index < -0.39 is 15.6 Å². The molecule has 0 saturated carbocycles. The molecular weight excluding hydrogens is 344 g/mol. The molecular formula is C16H22N4O4S. The van der Waals surface area contributed by atoms with Gasteiger partial charge in [0, 0.05) is 38.3 Å². The molecule has 1 aromatic heterocycles. The highest BCUT2D eigenvalue weighted by atomic mass is 32.2. The Morgan fingerprint density at radius 1 is 1.48 bits per heavy atom.